The zero-order valence-corrected chi connectivity index (χ0v) is 9.33. The molecule has 0 aliphatic rings. The van der Waals surface area contributed by atoms with Crippen molar-refractivity contribution < 1.29 is 14.2 Å². The Morgan fingerprint density at radius 1 is 1.50 bits per heavy atom. The van der Waals surface area contributed by atoms with E-state index in [1.807, 2.05) is 6.07 Å². The van der Waals surface area contributed by atoms with Crippen LogP contribution in [0.5, 0.6) is 5.75 Å². The SMILES string of the molecule is CC(C)(O)CCOc1ccc(C#N)cc1F. The summed E-state index contributed by atoms with van der Waals surface area (Å²) in [4.78, 5) is 0. The van der Waals surface area contributed by atoms with Gasteiger partial charge in [-0.05, 0) is 32.0 Å². The first-order chi connectivity index (χ1) is 7.42. The van der Waals surface area contributed by atoms with E-state index in [-0.39, 0.29) is 17.9 Å². The highest BCUT2D eigenvalue weighted by molar-refractivity contribution is 5.35. The van der Waals surface area contributed by atoms with Gasteiger partial charge in [-0.3, -0.25) is 0 Å². The maximum atomic E-state index is 13.3. The molecular weight excluding hydrogens is 209 g/mol. The number of hydrogen-bond donors (Lipinski definition) is 1. The molecule has 4 heteroatoms. The van der Waals surface area contributed by atoms with E-state index < -0.39 is 11.4 Å². The first kappa shape index (κ1) is 12.5. The second-order valence-corrected chi connectivity index (χ2v) is 4.17. The molecule has 0 radical (unpaired) electrons. The van der Waals surface area contributed by atoms with E-state index >= 15 is 0 Å². The largest absolute Gasteiger partial charge is 0.490 e. The van der Waals surface area contributed by atoms with Crippen LogP contribution in [0.3, 0.4) is 0 Å². The van der Waals surface area contributed by atoms with E-state index in [9.17, 15) is 9.50 Å². The minimum atomic E-state index is -0.830. The summed E-state index contributed by atoms with van der Waals surface area (Å²) in [5.74, 6) is -0.460. The third-order valence-corrected chi connectivity index (χ3v) is 2.03. The second-order valence-electron chi connectivity index (χ2n) is 4.17. The van der Waals surface area contributed by atoms with Gasteiger partial charge in [0.1, 0.15) is 0 Å². The van der Waals surface area contributed by atoms with Crippen molar-refractivity contribution in [2.75, 3.05) is 6.61 Å². The van der Waals surface area contributed by atoms with Crippen LogP contribution in [0.25, 0.3) is 0 Å². The van der Waals surface area contributed by atoms with E-state index in [0.717, 1.165) is 6.07 Å². The van der Waals surface area contributed by atoms with Crippen molar-refractivity contribution in [3.8, 4) is 11.8 Å². The van der Waals surface area contributed by atoms with Crippen molar-refractivity contribution in [2.24, 2.45) is 0 Å². The molecule has 1 aromatic rings. The molecule has 0 aliphatic heterocycles. The molecule has 1 N–H and O–H groups in total. The Morgan fingerprint density at radius 3 is 2.69 bits per heavy atom. The molecule has 1 aromatic carbocycles. The quantitative estimate of drug-likeness (QED) is 0.851. The summed E-state index contributed by atoms with van der Waals surface area (Å²) in [6.45, 7) is 3.54. The number of halogens is 1. The third-order valence-electron chi connectivity index (χ3n) is 2.03. The van der Waals surface area contributed by atoms with Crippen LogP contribution in [-0.2, 0) is 0 Å². The summed E-state index contributed by atoms with van der Waals surface area (Å²) < 4.78 is 18.5. The molecule has 0 spiro atoms. The molecule has 0 saturated heterocycles. The Kier molecular flexibility index (Phi) is 3.86. The van der Waals surface area contributed by atoms with Gasteiger partial charge in [-0.15, -0.1) is 0 Å². The summed E-state index contributed by atoms with van der Waals surface area (Å²) in [6.07, 6.45) is 0.409. The normalized spacial score (nSPS) is 10.9. The van der Waals surface area contributed by atoms with E-state index in [4.69, 9.17) is 10.00 Å². The molecule has 0 amide bonds. The van der Waals surface area contributed by atoms with Gasteiger partial charge in [0.2, 0.25) is 0 Å². The highest BCUT2D eigenvalue weighted by Crippen LogP contribution is 2.19. The van der Waals surface area contributed by atoms with Crippen LogP contribution in [0.15, 0.2) is 18.2 Å². The number of aliphatic hydroxyl groups is 1. The lowest BCUT2D eigenvalue weighted by Gasteiger charge is -2.17. The molecule has 0 heterocycles. The number of nitriles is 1. The van der Waals surface area contributed by atoms with Gasteiger partial charge in [-0.1, -0.05) is 0 Å². The van der Waals surface area contributed by atoms with Gasteiger partial charge in [-0.25, -0.2) is 4.39 Å². The van der Waals surface area contributed by atoms with Gasteiger partial charge >= 0.3 is 0 Å². The fraction of sp³-hybridized carbons (Fsp3) is 0.417. The zero-order valence-electron chi connectivity index (χ0n) is 9.33. The topological polar surface area (TPSA) is 53.2 Å². The maximum absolute atomic E-state index is 13.3. The van der Waals surface area contributed by atoms with Gasteiger partial charge in [0.15, 0.2) is 11.6 Å². The van der Waals surface area contributed by atoms with Gasteiger partial charge in [0.25, 0.3) is 0 Å². The Morgan fingerprint density at radius 2 is 2.19 bits per heavy atom. The number of nitrogens with zero attached hydrogens (tertiary/aromatic N) is 1. The van der Waals surface area contributed by atoms with Gasteiger partial charge in [-0.2, -0.15) is 5.26 Å². The predicted octanol–water partition coefficient (Wildman–Crippen LogP) is 2.24. The smallest absolute Gasteiger partial charge is 0.166 e. The van der Waals surface area contributed by atoms with Gasteiger partial charge in [0, 0.05) is 6.42 Å². The van der Waals surface area contributed by atoms with Crippen LogP contribution in [0.2, 0.25) is 0 Å². The first-order valence-corrected chi connectivity index (χ1v) is 4.97. The van der Waals surface area contributed by atoms with Crippen molar-refractivity contribution in [1.82, 2.24) is 0 Å². The van der Waals surface area contributed by atoms with Crippen LogP contribution < -0.4 is 4.74 Å². The van der Waals surface area contributed by atoms with Crippen LogP contribution in [0, 0.1) is 17.1 Å². The number of benzene rings is 1. The fourth-order valence-electron chi connectivity index (χ4n) is 1.10. The highest BCUT2D eigenvalue weighted by atomic mass is 19.1. The van der Waals surface area contributed by atoms with Crippen LogP contribution in [0.1, 0.15) is 25.8 Å². The Bertz CT molecular complexity index is 404. The zero-order chi connectivity index (χ0) is 12.2. The molecule has 0 aliphatic carbocycles. The molecule has 0 aromatic heterocycles. The standard InChI is InChI=1S/C12H14FNO2/c1-12(2,15)5-6-16-11-4-3-9(8-14)7-10(11)13/h3-4,7,15H,5-6H2,1-2H3. The van der Waals surface area contributed by atoms with Crippen LogP contribution in [-0.4, -0.2) is 17.3 Å². The summed E-state index contributed by atoms with van der Waals surface area (Å²) in [5.41, 5.74) is -0.573. The van der Waals surface area contributed by atoms with Gasteiger partial charge in [0.05, 0.1) is 23.8 Å². The lowest BCUT2D eigenvalue weighted by molar-refractivity contribution is 0.0547. The third kappa shape index (κ3) is 3.87. The minimum Gasteiger partial charge on any atom is -0.490 e. The van der Waals surface area contributed by atoms with Crippen molar-refractivity contribution in [3.63, 3.8) is 0 Å². The number of hydrogen-bond acceptors (Lipinski definition) is 3. The maximum Gasteiger partial charge on any atom is 0.166 e. The minimum absolute atomic E-state index is 0.100. The lowest BCUT2D eigenvalue weighted by atomic mass is 10.1. The molecule has 1 rings (SSSR count). The van der Waals surface area contributed by atoms with Crippen molar-refractivity contribution >= 4 is 0 Å². The molecule has 16 heavy (non-hydrogen) atoms. The molecule has 3 nitrogen and oxygen atoms in total. The Balaban J connectivity index is 2.59. The van der Waals surface area contributed by atoms with Crippen LogP contribution in [0.4, 0.5) is 4.39 Å². The first-order valence-electron chi connectivity index (χ1n) is 4.97. The Hall–Kier alpha value is -1.60. The predicted molar refractivity (Wildman–Crippen MR) is 57.5 cm³/mol. The molecule has 0 saturated carbocycles. The highest BCUT2D eigenvalue weighted by Gasteiger charge is 2.13. The lowest BCUT2D eigenvalue weighted by Crippen LogP contribution is -2.21. The summed E-state index contributed by atoms with van der Waals surface area (Å²) in [5, 5.41) is 18.0. The molecule has 86 valence electrons. The molecule has 0 atom stereocenters. The average Bonchev–Trinajstić information content (AvgIpc) is 2.18. The number of rotatable bonds is 4. The average molecular weight is 223 g/mol. The van der Waals surface area contributed by atoms with E-state index in [1.54, 1.807) is 13.8 Å². The van der Waals surface area contributed by atoms with Crippen LogP contribution >= 0.6 is 0 Å². The van der Waals surface area contributed by atoms with E-state index in [0.29, 0.717) is 6.42 Å². The van der Waals surface area contributed by atoms with Crippen molar-refractivity contribution in [2.45, 2.75) is 25.9 Å². The van der Waals surface area contributed by atoms with E-state index in [2.05, 4.69) is 0 Å². The molecule has 0 fully saturated rings. The monoisotopic (exact) mass is 223 g/mol. The molecule has 0 unspecified atom stereocenters. The molecular formula is C12H14FNO2. The summed E-state index contributed by atoms with van der Waals surface area (Å²) in [7, 11) is 0. The fourth-order valence-corrected chi connectivity index (χ4v) is 1.10. The second kappa shape index (κ2) is 4.95. The van der Waals surface area contributed by atoms with Crippen molar-refractivity contribution in [1.29, 1.82) is 5.26 Å². The number of ether oxygens (including phenoxy) is 1. The summed E-state index contributed by atoms with van der Waals surface area (Å²) in [6, 6.07) is 5.87. The van der Waals surface area contributed by atoms with E-state index in [1.165, 1.54) is 12.1 Å². The summed E-state index contributed by atoms with van der Waals surface area (Å²) >= 11 is 0. The Labute approximate surface area is 94.1 Å². The molecule has 0 bridgehead atoms. The van der Waals surface area contributed by atoms with Crippen molar-refractivity contribution in [3.05, 3.63) is 29.6 Å². The van der Waals surface area contributed by atoms with Gasteiger partial charge < -0.3 is 9.84 Å².